The van der Waals surface area contributed by atoms with Crippen LogP contribution in [0.25, 0.3) is 0 Å². The maximum absolute atomic E-state index is 12.3. The van der Waals surface area contributed by atoms with Crippen molar-refractivity contribution in [3.05, 3.63) is 30.1 Å². The molecule has 2 rings (SSSR count). The number of carbonyl (C=O) groups is 1. The van der Waals surface area contributed by atoms with Gasteiger partial charge in [-0.3, -0.25) is 4.79 Å². The number of nitrogens with zero attached hydrogens (tertiary/aromatic N) is 3. The maximum atomic E-state index is 12.3. The van der Waals surface area contributed by atoms with Crippen molar-refractivity contribution in [2.75, 3.05) is 12.4 Å². The summed E-state index contributed by atoms with van der Waals surface area (Å²) in [5.74, 6) is 0.539. The predicted octanol–water partition coefficient (Wildman–Crippen LogP) is 2.25. The molecule has 21 heavy (non-hydrogen) atoms. The summed E-state index contributed by atoms with van der Waals surface area (Å²) in [6.45, 7) is 3.80. The lowest BCUT2D eigenvalue weighted by Crippen LogP contribution is -2.23. The van der Waals surface area contributed by atoms with Crippen LogP contribution in [-0.2, 0) is 11.8 Å². The number of thioether (sulfide) groups is 1. The van der Waals surface area contributed by atoms with E-state index in [1.54, 1.807) is 18.0 Å². The maximum Gasteiger partial charge on any atom is 0.237 e. The predicted molar refractivity (Wildman–Crippen MR) is 82.7 cm³/mol. The number of hydrogen-bond donors (Lipinski definition) is 1. The first-order chi connectivity index (χ1) is 10.0. The van der Waals surface area contributed by atoms with E-state index in [9.17, 15) is 4.79 Å². The normalized spacial score (nSPS) is 12.0. The first kappa shape index (κ1) is 15.4. The first-order valence-electron chi connectivity index (χ1n) is 6.47. The van der Waals surface area contributed by atoms with E-state index in [4.69, 9.17) is 4.74 Å². The Labute approximate surface area is 127 Å². The molecule has 1 aromatic carbocycles. The number of aromatic nitrogens is 3. The quantitative estimate of drug-likeness (QED) is 0.858. The van der Waals surface area contributed by atoms with Gasteiger partial charge in [0.2, 0.25) is 5.91 Å². The van der Waals surface area contributed by atoms with Gasteiger partial charge in [0.1, 0.15) is 12.1 Å². The zero-order chi connectivity index (χ0) is 15.4. The molecule has 0 aliphatic heterocycles. The Hall–Kier alpha value is -2.02. The van der Waals surface area contributed by atoms with Crippen LogP contribution in [0.3, 0.4) is 0 Å². The molecule has 7 heteroatoms. The van der Waals surface area contributed by atoms with Crippen LogP contribution in [0.15, 0.2) is 29.7 Å². The fourth-order valence-electron chi connectivity index (χ4n) is 1.74. The summed E-state index contributed by atoms with van der Waals surface area (Å²) in [7, 11) is 3.43. The van der Waals surface area contributed by atoms with Crippen molar-refractivity contribution in [1.29, 1.82) is 0 Å². The van der Waals surface area contributed by atoms with Crippen LogP contribution < -0.4 is 10.1 Å². The van der Waals surface area contributed by atoms with Crippen molar-refractivity contribution in [1.82, 2.24) is 14.8 Å². The molecular formula is C14H18N4O2S. The average molecular weight is 306 g/mol. The Kier molecular flexibility index (Phi) is 4.85. The molecule has 1 aromatic heterocycles. The summed E-state index contributed by atoms with van der Waals surface area (Å²) in [6, 6.07) is 5.66. The number of aryl methyl sites for hydroxylation is 2. The first-order valence-corrected chi connectivity index (χ1v) is 7.35. The van der Waals surface area contributed by atoms with Gasteiger partial charge in [-0.25, -0.2) is 0 Å². The Morgan fingerprint density at radius 1 is 1.48 bits per heavy atom. The van der Waals surface area contributed by atoms with Gasteiger partial charge in [0.15, 0.2) is 5.16 Å². The van der Waals surface area contributed by atoms with E-state index in [2.05, 4.69) is 15.5 Å². The van der Waals surface area contributed by atoms with Crippen LogP contribution in [-0.4, -0.2) is 33.0 Å². The second kappa shape index (κ2) is 6.62. The molecule has 0 aliphatic carbocycles. The second-order valence-corrected chi connectivity index (χ2v) is 5.99. The average Bonchev–Trinajstić information content (AvgIpc) is 2.84. The van der Waals surface area contributed by atoms with Crippen LogP contribution in [0.5, 0.6) is 5.75 Å². The highest BCUT2D eigenvalue weighted by Gasteiger charge is 2.18. The molecule has 2 aromatic rings. The fourth-order valence-corrected chi connectivity index (χ4v) is 2.53. The number of ether oxygens (including phenoxy) is 1. The van der Waals surface area contributed by atoms with E-state index in [1.807, 2.05) is 39.1 Å². The van der Waals surface area contributed by atoms with Crippen LogP contribution >= 0.6 is 11.8 Å². The Morgan fingerprint density at radius 2 is 2.24 bits per heavy atom. The molecule has 1 heterocycles. The third-order valence-corrected chi connectivity index (χ3v) is 4.08. The summed E-state index contributed by atoms with van der Waals surface area (Å²) in [6.07, 6.45) is 1.61. The lowest BCUT2D eigenvalue weighted by molar-refractivity contribution is -0.115. The number of hydrogen-bond acceptors (Lipinski definition) is 5. The Morgan fingerprint density at radius 3 is 2.86 bits per heavy atom. The summed E-state index contributed by atoms with van der Waals surface area (Å²) in [5, 5.41) is 11.1. The molecular weight excluding hydrogens is 288 g/mol. The monoisotopic (exact) mass is 306 g/mol. The molecule has 1 amide bonds. The van der Waals surface area contributed by atoms with E-state index < -0.39 is 0 Å². The van der Waals surface area contributed by atoms with Crippen molar-refractivity contribution in [2.45, 2.75) is 24.3 Å². The van der Waals surface area contributed by atoms with Gasteiger partial charge in [0.05, 0.1) is 18.0 Å². The zero-order valence-corrected chi connectivity index (χ0v) is 13.3. The largest absolute Gasteiger partial charge is 0.495 e. The smallest absolute Gasteiger partial charge is 0.237 e. The lowest BCUT2D eigenvalue weighted by atomic mass is 10.2. The van der Waals surface area contributed by atoms with Crippen LogP contribution in [0.4, 0.5) is 5.69 Å². The highest BCUT2D eigenvalue weighted by Crippen LogP contribution is 2.27. The standard InChI is InChI=1S/C14H18N4O2S/c1-9-5-6-12(20-4)11(7-9)16-13(19)10(2)21-14-17-15-8-18(14)3/h5-8,10H,1-4H3,(H,16,19). The van der Waals surface area contributed by atoms with Gasteiger partial charge in [-0.1, -0.05) is 17.8 Å². The highest BCUT2D eigenvalue weighted by molar-refractivity contribution is 8.00. The van der Waals surface area contributed by atoms with E-state index >= 15 is 0 Å². The van der Waals surface area contributed by atoms with Crippen LogP contribution in [0.2, 0.25) is 0 Å². The minimum atomic E-state index is -0.293. The van der Waals surface area contributed by atoms with Crippen molar-refractivity contribution in [2.24, 2.45) is 7.05 Å². The summed E-state index contributed by atoms with van der Waals surface area (Å²) in [4.78, 5) is 12.3. The Balaban J connectivity index is 2.07. The second-order valence-electron chi connectivity index (χ2n) is 4.68. The summed E-state index contributed by atoms with van der Waals surface area (Å²) >= 11 is 1.36. The molecule has 0 saturated carbocycles. The van der Waals surface area contributed by atoms with Crippen molar-refractivity contribution < 1.29 is 9.53 Å². The van der Waals surface area contributed by atoms with E-state index in [0.717, 1.165) is 5.56 Å². The number of nitrogens with one attached hydrogen (secondary N) is 1. The molecule has 0 spiro atoms. The minimum absolute atomic E-state index is 0.105. The highest BCUT2D eigenvalue weighted by atomic mass is 32.2. The van der Waals surface area contributed by atoms with Crippen molar-refractivity contribution >= 4 is 23.4 Å². The van der Waals surface area contributed by atoms with Gasteiger partial charge >= 0.3 is 0 Å². The molecule has 0 aliphatic rings. The molecule has 0 bridgehead atoms. The summed E-state index contributed by atoms with van der Waals surface area (Å²) < 4.78 is 7.04. The van der Waals surface area contributed by atoms with E-state index in [-0.39, 0.29) is 11.2 Å². The van der Waals surface area contributed by atoms with Gasteiger partial charge in [-0.2, -0.15) is 0 Å². The number of rotatable bonds is 5. The van der Waals surface area contributed by atoms with Gasteiger partial charge < -0.3 is 14.6 Å². The molecule has 1 unspecified atom stereocenters. The van der Waals surface area contributed by atoms with E-state index in [0.29, 0.717) is 16.6 Å². The number of carbonyl (C=O) groups excluding carboxylic acids is 1. The molecule has 0 saturated heterocycles. The molecule has 0 fully saturated rings. The minimum Gasteiger partial charge on any atom is -0.495 e. The fraction of sp³-hybridized carbons (Fsp3) is 0.357. The van der Waals surface area contributed by atoms with Crippen LogP contribution in [0, 0.1) is 6.92 Å². The molecule has 0 radical (unpaired) electrons. The summed E-state index contributed by atoms with van der Waals surface area (Å²) in [5.41, 5.74) is 1.73. The third kappa shape index (κ3) is 3.75. The van der Waals surface area contributed by atoms with Gasteiger partial charge in [-0.05, 0) is 31.5 Å². The molecule has 112 valence electrons. The number of methoxy groups -OCH3 is 1. The molecule has 1 N–H and O–H groups in total. The molecule has 1 atom stereocenters. The van der Waals surface area contributed by atoms with Crippen LogP contribution in [0.1, 0.15) is 12.5 Å². The van der Waals surface area contributed by atoms with Crippen molar-refractivity contribution in [3.8, 4) is 5.75 Å². The SMILES string of the molecule is COc1ccc(C)cc1NC(=O)C(C)Sc1nncn1C. The van der Waals surface area contributed by atoms with E-state index in [1.165, 1.54) is 11.8 Å². The van der Waals surface area contributed by atoms with Crippen molar-refractivity contribution in [3.63, 3.8) is 0 Å². The van der Waals surface area contributed by atoms with Gasteiger partial charge in [0, 0.05) is 7.05 Å². The van der Waals surface area contributed by atoms with Gasteiger partial charge in [0.25, 0.3) is 0 Å². The lowest BCUT2D eigenvalue weighted by Gasteiger charge is -2.14. The molecule has 6 nitrogen and oxygen atoms in total. The number of amides is 1. The Bertz CT molecular complexity index is 642. The number of benzene rings is 1. The van der Waals surface area contributed by atoms with Gasteiger partial charge in [-0.15, -0.1) is 10.2 Å². The number of anilines is 1. The topological polar surface area (TPSA) is 69.0 Å². The zero-order valence-electron chi connectivity index (χ0n) is 12.5. The third-order valence-electron chi connectivity index (χ3n) is 2.93.